The Bertz CT molecular complexity index is 1050. The number of guanidine groups is 1. The van der Waals surface area contributed by atoms with Crippen molar-refractivity contribution in [3.63, 3.8) is 0 Å². The number of aliphatic imine (C=N–C) groups is 1. The van der Waals surface area contributed by atoms with Crippen molar-refractivity contribution in [2.75, 3.05) is 13.7 Å². The molecule has 2 amide bonds. The number of carbonyl (C=O) groups is 2. The first-order valence-electron chi connectivity index (χ1n) is 11.8. The second-order valence-electron chi connectivity index (χ2n) is 8.61. The Balaban J connectivity index is 1.30. The molecule has 2 unspecified atom stereocenters. The minimum absolute atomic E-state index is 0.328. The molecule has 1 saturated heterocycles. The highest BCUT2D eigenvalue weighted by Gasteiger charge is 2.46. The Morgan fingerprint density at radius 2 is 1.94 bits per heavy atom. The zero-order chi connectivity index (χ0) is 24.1. The fourth-order valence-corrected chi connectivity index (χ4v) is 4.60. The number of imidazole rings is 1. The molecule has 0 bridgehead atoms. The summed E-state index contributed by atoms with van der Waals surface area (Å²) in [6, 6.07) is 2.23. The van der Waals surface area contributed by atoms with Crippen LogP contribution in [-0.2, 0) is 16.1 Å². The van der Waals surface area contributed by atoms with Gasteiger partial charge in [-0.2, -0.15) is 0 Å². The molecule has 10 heteroatoms. The number of nitrogens with zero attached hydrogens (tertiary/aromatic N) is 4. The van der Waals surface area contributed by atoms with Gasteiger partial charge in [-0.25, -0.2) is 9.98 Å². The summed E-state index contributed by atoms with van der Waals surface area (Å²) < 4.78 is 13.8. The van der Waals surface area contributed by atoms with E-state index in [9.17, 15) is 9.59 Å². The third-order valence-electron chi connectivity index (χ3n) is 6.31. The number of aryl methyl sites for hydroxylation is 1. The maximum Gasteiger partial charge on any atom is 0.259 e. The molecule has 1 aromatic heterocycles. The van der Waals surface area contributed by atoms with Crippen molar-refractivity contribution in [2.24, 2.45) is 10.7 Å². The number of aromatic nitrogens is 2. The van der Waals surface area contributed by atoms with Crippen LogP contribution in [0.2, 0.25) is 0 Å². The van der Waals surface area contributed by atoms with Gasteiger partial charge in [0, 0.05) is 24.5 Å². The van der Waals surface area contributed by atoms with Crippen molar-refractivity contribution in [3.8, 4) is 11.5 Å². The Morgan fingerprint density at radius 1 is 1.18 bits per heavy atom. The fourth-order valence-electron chi connectivity index (χ4n) is 4.60. The largest absolute Gasteiger partial charge is 0.492 e. The maximum atomic E-state index is 12.2. The third-order valence-corrected chi connectivity index (χ3v) is 6.31. The summed E-state index contributed by atoms with van der Waals surface area (Å²) in [5, 5.41) is 2.64. The topological polar surface area (TPSA) is 124 Å². The summed E-state index contributed by atoms with van der Waals surface area (Å²) in [6.07, 6.45) is 12.5. The van der Waals surface area contributed by atoms with Crippen molar-refractivity contribution < 1.29 is 19.1 Å². The molecular formula is C24H32N6O4. The lowest BCUT2D eigenvalue weighted by Gasteiger charge is -2.34. The Labute approximate surface area is 199 Å². The van der Waals surface area contributed by atoms with Crippen molar-refractivity contribution in [1.29, 1.82) is 0 Å². The summed E-state index contributed by atoms with van der Waals surface area (Å²) in [5.41, 5.74) is 6.91. The molecule has 2 aromatic rings. The minimum atomic E-state index is -1.10. The first-order chi connectivity index (χ1) is 16.5. The zero-order valence-electron chi connectivity index (χ0n) is 19.7. The van der Waals surface area contributed by atoms with Crippen LogP contribution >= 0.6 is 0 Å². The average molecular weight is 469 g/mol. The van der Waals surface area contributed by atoms with Crippen LogP contribution in [0, 0.1) is 0 Å². The van der Waals surface area contributed by atoms with Gasteiger partial charge in [0.1, 0.15) is 0 Å². The predicted molar refractivity (Wildman–Crippen MR) is 127 cm³/mol. The van der Waals surface area contributed by atoms with E-state index in [1.54, 1.807) is 12.0 Å². The van der Waals surface area contributed by atoms with Crippen LogP contribution in [-0.4, -0.2) is 52.0 Å². The number of nitrogens with two attached hydrogens (primary N) is 1. The van der Waals surface area contributed by atoms with E-state index in [0.717, 1.165) is 31.4 Å². The second kappa shape index (κ2) is 10.6. The molecule has 2 aliphatic rings. The number of nitrogens with one attached hydrogen (secondary N) is 1. The van der Waals surface area contributed by atoms with Crippen LogP contribution in [0.4, 0.5) is 5.69 Å². The van der Waals surface area contributed by atoms with Gasteiger partial charge in [0.25, 0.3) is 5.91 Å². The van der Waals surface area contributed by atoms with E-state index in [1.807, 2.05) is 37.8 Å². The molecule has 4 rings (SSSR count). The van der Waals surface area contributed by atoms with Gasteiger partial charge in [0.2, 0.25) is 11.9 Å². The first-order valence-corrected chi connectivity index (χ1v) is 11.8. The number of amides is 2. The smallest absolute Gasteiger partial charge is 0.259 e. The molecule has 3 heterocycles. The Kier molecular flexibility index (Phi) is 7.34. The van der Waals surface area contributed by atoms with Gasteiger partial charge in [0.05, 0.1) is 31.8 Å². The van der Waals surface area contributed by atoms with E-state index in [2.05, 4.69) is 19.9 Å². The average Bonchev–Trinajstić information content (AvgIpc) is 3.45. The number of carbonyl (C=O) groups excluding carboxylic acids is 2. The van der Waals surface area contributed by atoms with Gasteiger partial charge in [-0.05, 0) is 31.9 Å². The molecule has 0 spiro atoms. The maximum absolute atomic E-state index is 12.2. The van der Waals surface area contributed by atoms with Gasteiger partial charge < -0.3 is 24.7 Å². The van der Waals surface area contributed by atoms with Crippen LogP contribution in [0.5, 0.6) is 11.5 Å². The monoisotopic (exact) mass is 468 g/mol. The molecule has 0 radical (unpaired) electrons. The number of benzene rings is 1. The van der Waals surface area contributed by atoms with Crippen molar-refractivity contribution in [1.82, 2.24) is 19.8 Å². The first kappa shape index (κ1) is 23.6. The Hall–Kier alpha value is -3.56. The molecule has 0 aliphatic carbocycles. The number of fused-ring (bicyclic) bond motifs is 2. The summed E-state index contributed by atoms with van der Waals surface area (Å²) in [7, 11) is 1.58. The predicted octanol–water partition coefficient (Wildman–Crippen LogP) is 2.66. The van der Waals surface area contributed by atoms with Crippen molar-refractivity contribution in [3.05, 3.63) is 36.4 Å². The van der Waals surface area contributed by atoms with Crippen LogP contribution in [0.1, 0.15) is 57.1 Å². The highest BCUT2D eigenvalue weighted by atomic mass is 16.5. The Morgan fingerprint density at radius 3 is 2.65 bits per heavy atom. The quantitative estimate of drug-likeness (QED) is 0.365. The highest BCUT2D eigenvalue weighted by Crippen LogP contribution is 2.46. The minimum Gasteiger partial charge on any atom is -0.492 e. The normalized spacial score (nSPS) is 18.7. The molecule has 1 aromatic carbocycles. The number of hydrogen-bond donors (Lipinski definition) is 2. The fraction of sp³-hybridized carbons (Fsp3) is 0.500. The van der Waals surface area contributed by atoms with Gasteiger partial charge in [-0.1, -0.05) is 25.7 Å². The number of hydrogen-bond acceptors (Lipinski definition) is 7. The van der Waals surface area contributed by atoms with E-state index in [4.69, 9.17) is 15.2 Å². The number of unbranched alkanes of at least 4 members (excludes halogenated alkanes) is 5. The lowest BCUT2D eigenvalue weighted by atomic mass is 10.00. The van der Waals surface area contributed by atoms with Crippen molar-refractivity contribution >= 4 is 23.5 Å². The van der Waals surface area contributed by atoms with E-state index < -0.39 is 17.9 Å². The lowest BCUT2D eigenvalue weighted by molar-refractivity contribution is -0.131. The molecule has 182 valence electrons. The number of primary amides is 1. The second-order valence-corrected chi connectivity index (χ2v) is 8.61. The summed E-state index contributed by atoms with van der Waals surface area (Å²) >= 11 is 0. The molecule has 2 aliphatic heterocycles. The molecule has 2 atom stereocenters. The number of rotatable bonds is 12. The summed E-state index contributed by atoms with van der Waals surface area (Å²) in [5.74, 6) is 0.333. The van der Waals surface area contributed by atoms with Gasteiger partial charge in [0.15, 0.2) is 17.5 Å². The molecule has 3 N–H and O–H groups in total. The van der Waals surface area contributed by atoms with Gasteiger partial charge >= 0.3 is 0 Å². The number of methoxy groups -OCH3 is 1. The third kappa shape index (κ3) is 4.85. The van der Waals surface area contributed by atoms with Crippen LogP contribution in [0.25, 0.3) is 0 Å². The highest BCUT2D eigenvalue weighted by molar-refractivity contribution is 6.17. The van der Waals surface area contributed by atoms with Crippen LogP contribution in [0.3, 0.4) is 0 Å². The zero-order valence-corrected chi connectivity index (χ0v) is 19.7. The number of ether oxygens (including phenoxy) is 2. The van der Waals surface area contributed by atoms with E-state index >= 15 is 0 Å². The standard InChI is InChI=1S/C24H32N6O4/c1-16-19-17(27-24-28-23(32)20(22(25)31)30(16)24)9-10-18(21(19)33-2)34-14-8-6-4-3-5-7-12-29-13-11-26-15-29/h9-11,13,15-16,20H,3-8,12,14H2,1-2H3,(H2,25,31)(H,27,28,32). The van der Waals surface area contributed by atoms with E-state index in [1.165, 1.54) is 19.3 Å². The van der Waals surface area contributed by atoms with E-state index in [0.29, 0.717) is 29.8 Å². The summed E-state index contributed by atoms with van der Waals surface area (Å²) in [6.45, 7) is 3.50. The molecule has 34 heavy (non-hydrogen) atoms. The lowest BCUT2D eigenvalue weighted by Crippen LogP contribution is -2.47. The molecular weight excluding hydrogens is 436 g/mol. The van der Waals surface area contributed by atoms with Crippen LogP contribution in [0.15, 0.2) is 35.8 Å². The SMILES string of the molecule is COc1c(OCCCCCCCCn2ccnc2)ccc2c1C(C)N1C(=N2)NC(=O)C1C(N)=O. The van der Waals surface area contributed by atoms with Crippen LogP contribution < -0.4 is 20.5 Å². The molecule has 1 fully saturated rings. The van der Waals surface area contributed by atoms with Crippen molar-refractivity contribution in [2.45, 2.75) is 64.1 Å². The summed E-state index contributed by atoms with van der Waals surface area (Å²) in [4.78, 5) is 34.3. The molecule has 0 saturated carbocycles. The molecule has 10 nitrogen and oxygen atoms in total. The van der Waals surface area contributed by atoms with Gasteiger partial charge in [-0.3, -0.25) is 14.9 Å². The van der Waals surface area contributed by atoms with Gasteiger partial charge in [-0.15, -0.1) is 0 Å². The van der Waals surface area contributed by atoms with E-state index in [-0.39, 0.29) is 6.04 Å².